The van der Waals surface area contributed by atoms with Gasteiger partial charge in [0.25, 0.3) is 0 Å². The Kier molecular flexibility index (Phi) is 26.3. The Morgan fingerprint density at radius 1 is 0.563 bits per heavy atom. The first kappa shape index (κ1) is 69.3. The van der Waals surface area contributed by atoms with Crippen LogP contribution in [0.5, 0.6) is 0 Å². The fraction of sp³-hybridized carbons (Fsp3) is 0.424. The number of fused-ring (bicyclic) bond motifs is 2. The SMILES string of the molecule is Brc1ccc2[nH]c(C3CCCCC3)cc2c1.C#CC1CCCCC1.Cn1nc(C(F)(F)F)cc1-c1ccc2[nH]c(C3CCCCC3)cc2c1.Cn1nc(C(F)(F)F)cc1B(O)O.Nc1ccc(Br)cc1C#CC1CCCCC1.Nc1ccc(Br)cc1I. The molecule has 0 atom stereocenters. The molecule has 4 aromatic heterocycles. The van der Waals surface area contributed by atoms with Crippen LogP contribution in [0.1, 0.15) is 169 Å². The zero-order valence-electron chi connectivity index (χ0n) is 49.0. The Balaban J connectivity index is 0.000000155. The molecule has 0 amide bonds. The maximum Gasteiger partial charge on any atom is 0.507 e. The van der Waals surface area contributed by atoms with Gasteiger partial charge in [-0.05, 0) is 177 Å². The summed E-state index contributed by atoms with van der Waals surface area (Å²) >= 11 is 12.5. The van der Waals surface area contributed by atoms with Crippen molar-refractivity contribution < 1.29 is 36.4 Å². The van der Waals surface area contributed by atoms with Crippen molar-refractivity contribution in [2.75, 3.05) is 11.5 Å². The summed E-state index contributed by atoms with van der Waals surface area (Å²) < 4.78 is 81.1. The first-order chi connectivity index (χ1) is 41.4. The van der Waals surface area contributed by atoms with Gasteiger partial charge in [-0.25, -0.2) is 0 Å². The molecule has 0 saturated heterocycles. The van der Waals surface area contributed by atoms with Crippen molar-refractivity contribution in [3.05, 3.63) is 142 Å². The third-order valence-corrected chi connectivity index (χ3v) is 18.5. The topological polar surface area (TPSA) is 160 Å². The van der Waals surface area contributed by atoms with Crippen molar-refractivity contribution in [1.29, 1.82) is 0 Å². The van der Waals surface area contributed by atoms with Gasteiger partial charge in [-0.15, -0.1) is 12.3 Å². The van der Waals surface area contributed by atoms with Crippen LogP contribution in [0, 0.1) is 39.6 Å². The zero-order valence-corrected chi connectivity index (χ0v) is 55.9. The third-order valence-electron chi connectivity index (χ3n) is 16.1. The molecule has 87 heavy (non-hydrogen) atoms. The van der Waals surface area contributed by atoms with E-state index in [4.69, 9.17) is 27.9 Å². The number of benzene rings is 4. The number of alkyl halides is 6. The van der Waals surface area contributed by atoms with Crippen molar-refractivity contribution in [2.45, 2.75) is 153 Å². The lowest BCUT2D eigenvalue weighted by Crippen LogP contribution is -2.35. The number of hydrogen-bond acceptors (Lipinski definition) is 6. The molecule has 8 aromatic rings. The number of rotatable bonds is 4. The third kappa shape index (κ3) is 21.2. The van der Waals surface area contributed by atoms with E-state index < -0.39 is 30.9 Å². The highest BCUT2D eigenvalue weighted by Crippen LogP contribution is 2.38. The van der Waals surface area contributed by atoms with Crippen LogP contribution in [0.3, 0.4) is 0 Å². The van der Waals surface area contributed by atoms with Gasteiger partial charge in [0.05, 0.1) is 11.3 Å². The van der Waals surface area contributed by atoms with Crippen LogP contribution in [0.25, 0.3) is 33.1 Å². The van der Waals surface area contributed by atoms with E-state index in [2.05, 4.69) is 139 Å². The van der Waals surface area contributed by atoms with Gasteiger partial charge in [0.15, 0.2) is 11.4 Å². The minimum absolute atomic E-state index is 0.299. The van der Waals surface area contributed by atoms with Crippen LogP contribution in [0.15, 0.2) is 110 Å². The average Bonchev–Trinajstić information content (AvgIpc) is 3.15. The Morgan fingerprint density at radius 3 is 1.47 bits per heavy atom. The second-order valence-corrected chi connectivity index (χ2v) is 26.6. The Morgan fingerprint density at radius 2 is 1.01 bits per heavy atom. The van der Waals surface area contributed by atoms with Crippen LogP contribution in [0.2, 0.25) is 0 Å². The fourth-order valence-corrected chi connectivity index (χ4v) is 13.3. The molecular weight excluding hydrogens is 1430 g/mol. The molecule has 0 spiro atoms. The number of nitrogens with one attached hydrogen (secondary N) is 2. The molecule has 10 nitrogen and oxygen atoms in total. The van der Waals surface area contributed by atoms with Gasteiger partial charge >= 0.3 is 19.5 Å². The van der Waals surface area contributed by atoms with Gasteiger partial charge in [-0.2, -0.15) is 36.5 Å². The number of hydrogen-bond donors (Lipinski definition) is 6. The Labute approximate surface area is 545 Å². The zero-order chi connectivity index (χ0) is 62.8. The van der Waals surface area contributed by atoms with E-state index in [1.54, 1.807) is 7.05 Å². The molecule has 12 rings (SSSR count). The Bertz CT molecular complexity index is 3590. The highest BCUT2D eigenvalue weighted by atomic mass is 127. The largest absolute Gasteiger partial charge is 0.507 e. The molecule has 464 valence electrons. The number of aromatic nitrogens is 6. The normalized spacial score (nSPS) is 16.0. The number of halogens is 10. The molecule has 0 bridgehead atoms. The second kappa shape index (κ2) is 33.1. The van der Waals surface area contributed by atoms with E-state index in [1.807, 2.05) is 54.6 Å². The number of aromatic amines is 2. The minimum atomic E-state index is -4.56. The molecule has 4 fully saturated rings. The predicted octanol–water partition coefficient (Wildman–Crippen LogP) is 18.5. The lowest BCUT2D eigenvalue weighted by molar-refractivity contribution is -0.142. The maximum atomic E-state index is 12.9. The molecule has 4 aromatic carbocycles. The molecule has 21 heteroatoms. The monoisotopic (exact) mass is 1500 g/mol. The summed E-state index contributed by atoms with van der Waals surface area (Å²) in [5.41, 5.74) is 17.9. The van der Waals surface area contributed by atoms with Crippen molar-refractivity contribution >= 4 is 116 Å². The number of terminal acetylenes is 1. The van der Waals surface area contributed by atoms with Crippen LogP contribution >= 0.6 is 70.4 Å². The molecule has 0 aliphatic heterocycles. The molecule has 4 aliphatic carbocycles. The summed E-state index contributed by atoms with van der Waals surface area (Å²) in [6.07, 6.45) is 22.6. The van der Waals surface area contributed by atoms with Crippen molar-refractivity contribution in [3.8, 4) is 35.4 Å². The minimum Gasteiger partial charge on any atom is -0.422 e. The quantitative estimate of drug-likeness (QED) is 0.0338. The summed E-state index contributed by atoms with van der Waals surface area (Å²) in [7, 11) is 0.789. The molecule has 4 aliphatic rings. The first-order valence-corrected chi connectivity index (χ1v) is 33.1. The number of aryl methyl sites for hydroxylation is 2. The highest BCUT2D eigenvalue weighted by Gasteiger charge is 2.36. The first-order valence-electron chi connectivity index (χ1n) is 29.7. The van der Waals surface area contributed by atoms with Gasteiger partial charge in [0.1, 0.15) is 0 Å². The van der Waals surface area contributed by atoms with Gasteiger partial charge in [0, 0.05) is 98.6 Å². The summed E-state index contributed by atoms with van der Waals surface area (Å²) in [6, 6.07) is 30.0. The summed E-state index contributed by atoms with van der Waals surface area (Å²) in [6.45, 7) is 0. The van der Waals surface area contributed by atoms with Crippen molar-refractivity contribution in [2.24, 2.45) is 25.9 Å². The van der Waals surface area contributed by atoms with Crippen molar-refractivity contribution in [1.82, 2.24) is 29.5 Å². The summed E-state index contributed by atoms with van der Waals surface area (Å²) in [5, 5.41) is 26.3. The lowest BCUT2D eigenvalue weighted by atomic mass is 9.86. The van der Waals surface area contributed by atoms with Crippen LogP contribution in [-0.2, 0) is 26.4 Å². The Hall–Kier alpha value is -5.17. The number of anilines is 2. The average molecular weight is 1500 g/mol. The van der Waals surface area contributed by atoms with Crippen LogP contribution in [0.4, 0.5) is 37.7 Å². The predicted molar refractivity (Wildman–Crippen MR) is 360 cm³/mol. The van der Waals surface area contributed by atoms with E-state index >= 15 is 0 Å². The summed E-state index contributed by atoms with van der Waals surface area (Å²) in [4.78, 5) is 7.06. The van der Waals surface area contributed by atoms with E-state index in [9.17, 15) is 26.3 Å². The molecule has 0 radical (unpaired) electrons. The van der Waals surface area contributed by atoms with E-state index in [0.29, 0.717) is 29.5 Å². The van der Waals surface area contributed by atoms with Gasteiger partial charge in [-0.1, -0.05) is 143 Å². The smallest absolute Gasteiger partial charge is 0.422 e. The van der Waals surface area contributed by atoms with E-state index in [0.717, 1.165) is 67.1 Å². The molecule has 8 N–H and O–H groups in total. The number of nitrogen functional groups attached to an aromatic ring is 2. The standard InChI is InChI=1S/C19H20F3N3.2C14H16BrN.C8H12.C6H5BrIN.C5H6BF3N2O2/c1-25-17(11-18(24-25)19(20,21)22)13-7-8-15-14(9-13)10-16(23-15)12-5-3-2-4-6-12;15-12-6-7-13-11(8-12)9-14(16-13)10-4-2-1-3-5-10;15-13-8-9-14(16)12(10-13)7-6-11-4-2-1-3-5-11;1-2-8-6-4-3-5-7-8;7-4-1-2-6(9)5(8)3-4;1-11-4(6(12)13)2-3(10-11)5(7,8)9/h7-12,23H,2-6H2,1H3;6-10,16H,1-5H2;8-11H,1-5,16H2;1,8H,3-7H2;1-3H,9H2;2,12-13H,1H3. The number of nitrogens with zero attached hydrogens (tertiary/aromatic N) is 4. The second-order valence-electron chi connectivity index (χ2n) is 22.6. The van der Waals surface area contributed by atoms with Gasteiger partial charge in [0.2, 0.25) is 0 Å². The summed E-state index contributed by atoms with van der Waals surface area (Å²) in [5.74, 6) is 11.9. The molecular formula is C66H75BBr3F6IN8O2. The van der Waals surface area contributed by atoms with Crippen molar-refractivity contribution in [3.63, 3.8) is 0 Å². The number of H-pyrrole nitrogens is 2. The molecule has 0 unspecified atom stereocenters. The molecule has 4 saturated carbocycles. The molecule has 4 heterocycles. The van der Waals surface area contributed by atoms with E-state index in [1.165, 1.54) is 162 Å². The van der Waals surface area contributed by atoms with Crippen LogP contribution < -0.4 is 17.1 Å². The van der Waals surface area contributed by atoms with Gasteiger partial charge < -0.3 is 31.5 Å². The van der Waals surface area contributed by atoms with Crippen LogP contribution in [-0.4, -0.2) is 46.7 Å². The lowest BCUT2D eigenvalue weighted by Gasteiger charge is -2.20. The highest BCUT2D eigenvalue weighted by molar-refractivity contribution is 14.1. The van der Waals surface area contributed by atoms with Gasteiger partial charge in [-0.3, -0.25) is 9.36 Å². The maximum absolute atomic E-state index is 12.9. The number of nitrogens with two attached hydrogens (primary N) is 2. The fourth-order valence-electron chi connectivity index (χ4n) is 11.3. The van der Waals surface area contributed by atoms with E-state index in [-0.39, 0.29) is 5.59 Å².